The van der Waals surface area contributed by atoms with Gasteiger partial charge in [0.25, 0.3) is 10.1 Å². The van der Waals surface area contributed by atoms with Crippen molar-refractivity contribution in [1.82, 2.24) is 4.98 Å². The van der Waals surface area contributed by atoms with Crippen LogP contribution in [0.2, 0.25) is 0 Å². The molecule has 2 N–H and O–H groups in total. The third-order valence-electron chi connectivity index (χ3n) is 3.85. The van der Waals surface area contributed by atoms with Gasteiger partial charge in [0.1, 0.15) is 27.9 Å². The molecular formula is C16H15N3O3S. The first-order valence-corrected chi connectivity index (χ1v) is 8.35. The molecule has 0 saturated carbocycles. The lowest BCUT2D eigenvalue weighted by Crippen LogP contribution is -2.18. The Labute approximate surface area is 134 Å². The summed E-state index contributed by atoms with van der Waals surface area (Å²) in [5.41, 5.74) is 6.78. The van der Waals surface area contributed by atoms with E-state index in [4.69, 9.17) is 9.92 Å². The van der Waals surface area contributed by atoms with Gasteiger partial charge in [-0.25, -0.2) is 4.98 Å². The van der Waals surface area contributed by atoms with Crippen LogP contribution in [0.25, 0.3) is 11.1 Å². The van der Waals surface area contributed by atoms with Gasteiger partial charge in [0.05, 0.1) is 5.69 Å². The number of aromatic nitrogens is 1. The fraction of sp³-hybridized carbons (Fsp3) is 0.250. The number of rotatable bonds is 1. The van der Waals surface area contributed by atoms with Gasteiger partial charge < -0.3 is 5.73 Å². The number of nitrogens with two attached hydrogens (primary N) is 1. The molecule has 2 heterocycles. The maximum absolute atomic E-state index is 12.5. The second-order valence-corrected chi connectivity index (χ2v) is 7.38. The molecule has 0 atom stereocenters. The zero-order valence-electron chi connectivity index (χ0n) is 12.9. The summed E-state index contributed by atoms with van der Waals surface area (Å²) in [4.78, 5) is 4.07. The molecule has 1 aliphatic rings. The van der Waals surface area contributed by atoms with E-state index >= 15 is 0 Å². The van der Waals surface area contributed by atoms with Crippen molar-refractivity contribution in [1.29, 1.82) is 5.26 Å². The largest absolute Gasteiger partial charge is 0.383 e. The normalized spacial score (nSPS) is 17.5. The average Bonchev–Trinajstić information content (AvgIpc) is 2.63. The lowest BCUT2D eigenvalue weighted by molar-refractivity contribution is 0.128. The van der Waals surface area contributed by atoms with Crippen LogP contribution >= 0.6 is 0 Å². The number of hydrogen-bond donors (Lipinski definition) is 1. The maximum Gasteiger partial charge on any atom is 0.300 e. The standard InChI is InChI=1S/C16H15N3O3S/c1-9-6-4-5-7-10(9)12-11(8-17)15(18)19-14-13(12)23(20,21)22-16(14,2)3/h4-7H,1-3H3,(H2,18,19). The third kappa shape index (κ3) is 2.19. The Morgan fingerprint density at radius 3 is 2.57 bits per heavy atom. The predicted molar refractivity (Wildman–Crippen MR) is 84.8 cm³/mol. The van der Waals surface area contributed by atoms with Crippen LogP contribution in [0, 0.1) is 18.3 Å². The van der Waals surface area contributed by atoms with E-state index in [0.717, 1.165) is 5.56 Å². The molecule has 0 spiro atoms. The zero-order chi connectivity index (χ0) is 17.0. The summed E-state index contributed by atoms with van der Waals surface area (Å²) < 4.78 is 30.3. The molecule has 3 rings (SSSR count). The highest BCUT2D eigenvalue weighted by Crippen LogP contribution is 2.47. The smallest absolute Gasteiger partial charge is 0.300 e. The highest BCUT2D eigenvalue weighted by molar-refractivity contribution is 7.87. The van der Waals surface area contributed by atoms with Gasteiger partial charge in [-0.1, -0.05) is 24.3 Å². The summed E-state index contributed by atoms with van der Waals surface area (Å²) in [6.45, 7) is 5.06. The van der Waals surface area contributed by atoms with Crippen molar-refractivity contribution in [2.24, 2.45) is 0 Å². The first kappa shape index (κ1) is 15.5. The first-order chi connectivity index (χ1) is 10.7. The van der Waals surface area contributed by atoms with Crippen LogP contribution < -0.4 is 5.73 Å². The molecule has 1 aromatic heterocycles. The molecule has 0 fully saturated rings. The molecule has 7 heteroatoms. The number of pyridine rings is 1. The van der Waals surface area contributed by atoms with Crippen LogP contribution in [0.1, 0.15) is 30.7 Å². The predicted octanol–water partition coefficient (Wildman–Crippen LogP) is 2.46. The number of aryl methyl sites for hydroxylation is 1. The Kier molecular flexibility index (Phi) is 3.21. The molecular weight excluding hydrogens is 314 g/mol. The topological polar surface area (TPSA) is 106 Å². The fourth-order valence-electron chi connectivity index (χ4n) is 2.82. The molecule has 1 aromatic carbocycles. The lowest BCUT2D eigenvalue weighted by Gasteiger charge is -2.16. The molecule has 0 radical (unpaired) electrons. The Balaban J connectivity index is 2.55. The molecule has 118 valence electrons. The van der Waals surface area contributed by atoms with E-state index in [1.807, 2.05) is 25.1 Å². The van der Waals surface area contributed by atoms with Gasteiger partial charge in [-0.05, 0) is 31.9 Å². The molecule has 1 aliphatic heterocycles. The van der Waals surface area contributed by atoms with Gasteiger partial charge in [0, 0.05) is 5.56 Å². The number of nitrogen functional groups attached to an aromatic ring is 1. The fourth-order valence-corrected chi connectivity index (χ4v) is 4.52. The van der Waals surface area contributed by atoms with E-state index in [9.17, 15) is 13.7 Å². The van der Waals surface area contributed by atoms with E-state index in [2.05, 4.69) is 4.98 Å². The van der Waals surface area contributed by atoms with Gasteiger partial charge in [-0.3, -0.25) is 4.18 Å². The van der Waals surface area contributed by atoms with Crippen molar-refractivity contribution < 1.29 is 12.6 Å². The average molecular weight is 329 g/mol. The minimum Gasteiger partial charge on any atom is -0.383 e. The third-order valence-corrected chi connectivity index (χ3v) is 5.38. The summed E-state index contributed by atoms with van der Waals surface area (Å²) in [6.07, 6.45) is 0. The van der Waals surface area contributed by atoms with Gasteiger partial charge in [0.2, 0.25) is 0 Å². The minimum atomic E-state index is -4.03. The monoisotopic (exact) mass is 329 g/mol. The van der Waals surface area contributed by atoms with Crippen LogP contribution in [0.4, 0.5) is 5.82 Å². The SMILES string of the molecule is Cc1ccccc1-c1c(C#N)c(N)nc2c1S(=O)(=O)OC2(C)C. The van der Waals surface area contributed by atoms with Gasteiger partial charge >= 0.3 is 0 Å². The van der Waals surface area contributed by atoms with Gasteiger partial charge in [-0.2, -0.15) is 13.7 Å². The summed E-state index contributed by atoms with van der Waals surface area (Å²) in [5, 5.41) is 9.48. The van der Waals surface area contributed by atoms with E-state index in [0.29, 0.717) is 5.56 Å². The molecule has 0 aliphatic carbocycles. The molecule has 6 nitrogen and oxygen atoms in total. The summed E-state index contributed by atoms with van der Waals surface area (Å²) in [5.74, 6) is -0.00159. The molecule has 0 bridgehead atoms. The van der Waals surface area contributed by atoms with Crippen LogP contribution in [0.15, 0.2) is 29.2 Å². The van der Waals surface area contributed by atoms with Crippen molar-refractivity contribution in [3.05, 3.63) is 41.1 Å². The Hall–Kier alpha value is -2.43. The number of anilines is 1. The van der Waals surface area contributed by atoms with Crippen LogP contribution in [-0.4, -0.2) is 13.4 Å². The van der Waals surface area contributed by atoms with Crippen LogP contribution in [0.5, 0.6) is 0 Å². The molecule has 0 amide bonds. The highest BCUT2D eigenvalue weighted by atomic mass is 32.2. The molecule has 23 heavy (non-hydrogen) atoms. The van der Waals surface area contributed by atoms with Gasteiger partial charge in [0.15, 0.2) is 0 Å². The Bertz CT molecular complexity index is 973. The van der Waals surface area contributed by atoms with Crippen molar-refractivity contribution in [2.75, 3.05) is 5.73 Å². The second kappa shape index (κ2) is 4.78. The maximum atomic E-state index is 12.5. The van der Waals surface area contributed by atoms with Gasteiger partial charge in [-0.15, -0.1) is 0 Å². The zero-order valence-corrected chi connectivity index (χ0v) is 13.7. The Morgan fingerprint density at radius 2 is 1.96 bits per heavy atom. The number of hydrogen-bond acceptors (Lipinski definition) is 6. The second-order valence-electron chi connectivity index (χ2n) is 5.90. The molecule has 0 unspecified atom stereocenters. The minimum absolute atomic E-state index is 0.00159. The highest BCUT2D eigenvalue weighted by Gasteiger charge is 2.47. The molecule has 2 aromatic rings. The number of nitrogens with zero attached hydrogens (tertiary/aromatic N) is 2. The van der Waals surface area contributed by atoms with Crippen LogP contribution in [0.3, 0.4) is 0 Å². The van der Waals surface area contributed by atoms with Crippen molar-refractivity contribution in [3.8, 4) is 17.2 Å². The van der Waals surface area contributed by atoms with E-state index in [1.165, 1.54) is 0 Å². The summed E-state index contributed by atoms with van der Waals surface area (Å²) in [6, 6.07) is 9.19. The van der Waals surface area contributed by atoms with Crippen molar-refractivity contribution >= 4 is 15.9 Å². The van der Waals surface area contributed by atoms with Crippen molar-refractivity contribution in [3.63, 3.8) is 0 Å². The quantitative estimate of drug-likeness (QED) is 0.806. The number of nitriles is 1. The van der Waals surface area contributed by atoms with Crippen LogP contribution in [-0.2, 0) is 19.9 Å². The number of benzene rings is 1. The molecule has 0 saturated heterocycles. The van der Waals surface area contributed by atoms with E-state index in [1.54, 1.807) is 26.0 Å². The number of fused-ring (bicyclic) bond motifs is 1. The first-order valence-electron chi connectivity index (χ1n) is 6.95. The van der Waals surface area contributed by atoms with Crippen molar-refractivity contribution in [2.45, 2.75) is 31.3 Å². The van der Waals surface area contributed by atoms with E-state index < -0.39 is 15.7 Å². The van der Waals surface area contributed by atoms with E-state index in [-0.39, 0.29) is 27.5 Å². The Morgan fingerprint density at radius 1 is 1.30 bits per heavy atom. The lowest BCUT2D eigenvalue weighted by atomic mass is 9.93. The summed E-state index contributed by atoms with van der Waals surface area (Å²) >= 11 is 0. The summed E-state index contributed by atoms with van der Waals surface area (Å²) in [7, 11) is -4.03.